The van der Waals surface area contributed by atoms with Crippen LogP contribution in [0.3, 0.4) is 0 Å². The molecule has 0 spiro atoms. The molecular formula is C95H75N15O8S7. The number of thiophene rings is 7. The lowest BCUT2D eigenvalue weighted by atomic mass is 10.1. The van der Waals surface area contributed by atoms with Gasteiger partial charge in [0.25, 0.3) is 29.5 Å². The van der Waals surface area contributed by atoms with Crippen LogP contribution < -0.4 is 28.7 Å². The van der Waals surface area contributed by atoms with Crippen molar-refractivity contribution in [2.75, 3.05) is 0 Å². The molecule has 15 heterocycles. The average Bonchev–Trinajstić information content (AvgIpc) is 1.66. The second-order valence-corrected chi connectivity index (χ2v) is 36.3. The predicted octanol–water partition coefficient (Wildman–Crippen LogP) is 20.7. The summed E-state index contributed by atoms with van der Waals surface area (Å²) in [6.45, 7) is 10.3. The molecule has 5 aromatic carbocycles. The van der Waals surface area contributed by atoms with E-state index in [0.717, 1.165) is 148 Å². The van der Waals surface area contributed by atoms with Gasteiger partial charge in [0.15, 0.2) is 28.5 Å². The van der Waals surface area contributed by atoms with E-state index in [1.165, 1.54) is 95.6 Å². The largest absolute Gasteiger partial charge is 0.472 e. The first kappa shape index (κ1) is 84.5. The molecule has 620 valence electrons. The summed E-state index contributed by atoms with van der Waals surface area (Å²) < 4.78 is 19.3. The van der Waals surface area contributed by atoms with E-state index in [4.69, 9.17) is 41.9 Å². The van der Waals surface area contributed by atoms with Crippen LogP contribution in [0.4, 0.5) is 0 Å². The summed E-state index contributed by atoms with van der Waals surface area (Å²) in [5.74, 6) is -2.78. The van der Waals surface area contributed by atoms with Crippen molar-refractivity contribution in [1.29, 1.82) is 0 Å². The second kappa shape index (κ2) is 37.7. The highest BCUT2D eigenvalue weighted by Gasteiger charge is 2.25. The molecule has 0 saturated carbocycles. The van der Waals surface area contributed by atoms with Gasteiger partial charge >= 0.3 is 0 Å². The van der Waals surface area contributed by atoms with Crippen LogP contribution in [0.1, 0.15) is 137 Å². The lowest BCUT2D eigenvalue weighted by Gasteiger charge is -2.02. The molecule has 0 radical (unpaired) electrons. The molecule has 15 aromatic heterocycles. The monoisotopic (exact) mass is 1780 g/mol. The fourth-order valence-corrected chi connectivity index (χ4v) is 20.9. The summed E-state index contributed by atoms with van der Waals surface area (Å²) in [6, 6.07) is 61.7. The van der Waals surface area contributed by atoms with Gasteiger partial charge in [-0.3, -0.25) is 24.0 Å². The molecule has 0 unspecified atom stereocenters. The van der Waals surface area contributed by atoms with E-state index < -0.39 is 29.5 Å². The first-order valence-electron chi connectivity index (χ1n) is 38.9. The van der Waals surface area contributed by atoms with E-state index in [1.54, 1.807) is 60.3 Å². The Hall–Kier alpha value is -14.1. The molecule has 0 aliphatic carbocycles. The van der Waals surface area contributed by atoms with Gasteiger partial charge in [-0.15, -0.1) is 82.2 Å². The number of carbonyl (C=O) groups is 5. The predicted molar refractivity (Wildman–Crippen MR) is 499 cm³/mol. The molecule has 0 aliphatic heterocycles. The molecule has 125 heavy (non-hydrogen) atoms. The van der Waals surface area contributed by atoms with Gasteiger partial charge in [-0.2, -0.15) is 48.2 Å². The SMILES string of the molecule is Cc1ccc(-c2cc3c(Cc4ccoc4)nnc(C(N)=O)c3s2)cc1.Cc1ccc(-c2cc3c(Cc4ccoc4)nnc(C(N)=O)c3s2)cc1.Cc1ccc(-c2cc3c(Cc4ccoc4)nnc(C(N)=O)c3s2)cc1.Cc1ccc(-c2cc3c(Cc4ccsc4)nnc(C(N)=O)c3s2)cc1.Cc1ccc(-c2cc3c(Cc4ccsc4)nnc(C(N)=O)c3s2)cc1. The highest BCUT2D eigenvalue weighted by Crippen LogP contribution is 2.43. The van der Waals surface area contributed by atoms with Crippen molar-refractivity contribution in [1.82, 2.24) is 51.0 Å². The number of hydrogen-bond acceptors (Lipinski definition) is 25. The lowest BCUT2D eigenvalue weighted by Crippen LogP contribution is -2.14. The third kappa shape index (κ3) is 19.5. The van der Waals surface area contributed by atoms with Gasteiger partial charge in [-0.05, 0) is 172 Å². The number of aryl methyl sites for hydroxylation is 5. The summed E-state index contributed by atoms with van der Waals surface area (Å²) in [6.07, 6.45) is 13.1. The molecule has 5 amide bonds. The van der Waals surface area contributed by atoms with Gasteiger partial charge in [-0.25, -0.2) is 0 Å². The van der Waals surface area contributed by atoms with E-state index in [2.05, 4.69) is 260 Å². The van der Waals surface area contributed by atoms with Crippen LogP contribution >= 0.6 is 79.4 Å². The van der Waals surface area contributed by atoms with Gasteiger partial charge in [0, 0.05) is 83.4 Å². The Morgan fingerprint density at radius 1 is 0.264 bits per heavy atom. The van der Waals surface area contributed by atoms with E-state index in [9.17, 15) is 24.0 Å². The number of benzene rings is 5. The molecule has 0 atom stereocenters. The van der Waals surface area contributed by atoms with E-state index in [-0.39, 0.29) is 28.5 Å². The zero-order valence-corrected chi connectivity index (χ0v) is 73.3. The summed E-state index contributed by atoms with van der Waals surface area (Å²) in [5.41, 5.74) is 49.7. The van der Waals surface area contributed by atoms with Gasteiger partial charge < -0.3 is 41.9 Å². The van der Waals surface area contributed by atoms with Crippen molar-refractivity contribution in [2.45, 2.75) is 66.7 Å². The van der Waals surface area contributed by atoms with E-state index >= 15 is 0 Å². The van der Waals surface area contributed by atoms with Crippen molar-refractivity contribution in [3.8, 4) is 52.2 Å². The number of primary amides is 5. The van der Waals surface area contributed by atoms with Crippen molar-refractivity contribution < 1.29 is 37.2 Å². The molecule has 20 aromatic rings. The van der Waals surface area contributed by atoms with Crippen molar-refractivity contribution in [2.24, 2.45) is 28.7 Å². The second-order valence-electron chi connectivity index (χ2n) is 29.4. The number of aromatic nitrogens is 10. The fourth-order valence-electron chi connectivity index (χ4n) is 13.6. The number of amides is 5. The number of fused-ring (bicyclic) bond motifs is 5. The van der Waals surface area contributed by atoms with Gasteiger partial charge in [-0.1, -0.05) is 149 Å². The Bertz CT molecular complexity index is 6260. The molecular weight excluding hydrogens is 1700 g/mol. The van der Waals surface area contributed by atoms with Crippen LogP contribution in [0.15, 0.2) is 254 Å². The first-order chi connectivity index (χ1) is 60.6. The summed E-state index contributed by atoms with van der Waals surface area (Å²) in [5, 5.41) is 54.6. The lowest BCUT2D eigenvalue weighted by molar-refractivity contribution is 0.0988. The number of nitrogens with zero attached hydrogens (tertiary/aromatic N) is 10. The summed E-state index contributed by atoms with van der Waals surface area (Å²) in [7, 11) is 0. The Labute approximate surface area is 743 Å². The Kier molecular flexibility index (Phi) is 25.5. The number of hydrogen-bond donors (Lipinski definition) is 5. The molecule has 20 rings (SSSR count). The van der Waals surface area contributed by atoms with Crippen molar-refractivity contribution in [3.63, 3.8) is 0 Å². The minimum Gasteiger partial charge on any atom is -0.472 e. The van der Waals surface area contributed by atoms with Crippen LogP contribution in [-0.4, -0.2) is 80.5 Å². The Morgan fingerprint density at radius 2 is 0.464 bits per heavy atom. The fraction of sp³-hybridized carbons (Fsp3) is 0.105. The van der Waals surface area contributed by atoms with Crippen LogP contribution in [-0.2, 0) is 32.1 Å². The normalized spacial score (nSPS) is 11.1. The van der Waals surface area contributed by atoms with Gasteiger partial charge in [0.2, 0.25) is 0 Å². The third-order valence-electron chi connectivity index (χ3n) is 20.2. The number of carbonyl (C=O) groups excluding carboxylic acids is 5. The van der Waals surface area contributed by atoms with Crippen LogP contribution in [0.5, 0.6) is 0 Å². The molecule has 10 N–H and O–H groups in total. The Morgan fingerprint density at radius 3 is 0.632 bits per heavy atom. The van der Waals surface area contributed by atoms with Crippen molar-refractivity contribution >= 4 is 159 Å². The van der Waals surface area contributed by atoms with Crippen molar-refractivity contribution in [3.05, 3.63) is 354 Å². The topological polar surface area (TPSA) is 384 Å². The highest BCUT2D eigenvalue weighted by molar-refractivity contribution is 7.24. The summed E-state index contributed by atoms with van der Waals surface area (Å²) in [4.78, 5) is 64.1. The smallest absolute Gasteiger partial charge is 0.270 e. The van der Waals surface area contributed by atoms with Crippen LogP contribution in [0.25, 0.3) is 103 Å². The summed E-state index contributed by atoms with van der Waals surface area (Å²) >= 11 is 10.9. The molecule has 0 bridgehead atoms. The van der Waals surface area contributed by atoms with Gasteiger partial charge in [0.1, 0.15) is 0 Å². The standard InChI is InChI=1S/3C19H15N3O2S.2C19H15N3OS2/c5*1-11-2-4-13(5-3-11)16-9-14-15(8-12-6-7-24-10-12)21-22-17(19(20)23)18(14)25-16/h5*2-7,9-10H,8H2,1H3,(H2,20,23). The van der Waals surface area contributed by atoms with E-state index in [0.29, 0.717) is 32.1 Å². The Balaban J connectivity index is 0.000000115. The minimum absolute atomic E-state index is 0.217. The minimum atomic E-state index is -0.565. The maximum absolute atomic E-state index is 11.8. The number of furan rings is 3. The van der Waals surface area contributed by atoms with Crippen LogP contribution in [0, 0.1) is 34.6 Å². The maximum atomic E-state index is 11.8. The molecule has 0 fully saturated rings. The zero-order chi connectivity index (χ0) is 86.9. The third-order valence-corrected chi connectivity index (χ3v) is 27.7. The molecule has 0 saturated heterocycles. The maximum Gasteiger partial charge on any atom is 0.270 e. The highest BCUT2D eigenvalue weighted by atomic mass is 32.1. The molecule has 0 aliphatic rings. The van der Waals surface area contributed by atoms with Crippen LogP contribution in [0.2, 0.25) is 0 Å². The average molecular weight is 1780 g/mol. The van der Waals surface area contributed by atoms with E-state index in [1.807, 2.05) is 29.0 Å². The quantitative estimate of drug-likeness (QED) is 0.0473. The molecule has 30 heteroatoms. The van der Waals surface area contributed by atoms with Gasteiger partial charge in [0.05, 0.1) is 89.5 Å². The zero-order valence-electron chi connectivity index (χ0n) is 67.6. The number of rotatable bonds is 20. The molecule has 23 nitrogen and oxygen atoms in total. The number of nitrogens with two attached hydrogens (primary N) is 5. The first-order valence-corrected chi connectivity index (χ1v) is 44.9.